The molecule has 5 nitrogen and oxygen atoms in total. The highest BCUT2D eigenvalue weighted by atomic mass is 16.3. The number of hydrogen-bond acceptors (Lipinski definition) is 4. The monoisotopic (exact) mass is 340 g/mol. The molecule has 1 atom stereocenters. The summed E-state index contributed by atoms with van der Waals surface area (Å²) in [5.41, 5.74) is 8.55. The first-order valence-corrected chi connectivity index (χ1v) is 9.41. The van der Waals surface area contributed by atoms with Crippen LogP contribution in [-0.2, 0) is 0 Å². The molecule has 1 aliphatic carbocycles. The average molecular weight is 340 g/mol. The summed E-state index contributed by atoms with van der Waals surface area (Å²) in [7, 11) is 0. The van der Waals surface area contributed by atoms with Crippen molar-refractivity contribution in [1.82, 2.24) is 15.1 Å². The Bertz CT molecular complexity index is 693. The molecule has 2 heterocycles. The van der Waals surface area contributed by atoms with Gasteiger partial charge in [0.1, 0.15) is 0 Å². The minimum Gasteiger partial charge on any atom is -0.389 e. The van der Waals surface area contributed by atoms with Gasteiger partial charge >= 0.3 is 0 Å². The van der Waals surface area contributed by atoms with Crippen molar-refractivity contribution in [3.63, 3.8) is 0 Å². The van der Waals surface area contributed by atoms with Crippen LogP contribution < -0.4 is 5.73 Å². The first-order chi connectivity index (χ1) is 12.1. The van der Waals surface area contributed by atoms with Crippen molar-refractivity contribution in [2.75, 3.05) is 26.2 Å². The number of likely N-dealkylation sites (tertiary alicyclic amines) is 1. The van der Waals surface area contributed by atoms with E-state index in [-0.39, 0.29) is 0 Å². The van der Waals surface area contributed by atoms with Gasteiger partial charge in [-0.05, 0) is 50.8 Å². The van der Waals surface area contributed by atoms with E-state index in [1.807, 2.05) is 18.2 Å². The van der Waals surface area contributed by atoms with Crippen LogP contribution in [0, 0.1) is 5.92 Å². The molecule has 1 saturated heterocycles. The zero-order valence-electron chi connectivity index (χ0n) is 14.7. The topological polar surface area (TPSA) is 78.2 Å². The van der Waals surface area contributed by atoms with E-state index < -0.39 is 5.60 Å². The number of rotatable bonds is 5. The molecule has 1 saturated carbocycles. The van der Waals surface area contributed by atoms with Gasteiger partial charge in [0, 0.05) is 30.3 Å². The van der Waals surface area contributed by atoms with E-state index >= 15 is 0 Å². The Labute approximate surface area is 149 Å². The third-order valence-corrected chi connectivity index (χ3v) is 5.80. The summed E-state index contributed by atoms with van der Waals surface area (Å²) in [5, 5.41) is 18.4. The van der Waals surface area contributed by atoms with E-state index in [2.05, 4.69) is 33.3 Å². The van der Waals surface area contributed by atoms with Crippen LogP contribution in [0.25, 0.3) is 11.3 Å². The Hall–Kier alpha value is -1.69. The van der Waals surface area contributed by atoms with Crippen LogP contribution in [0.5, 0.6) is 0 Å². The molecule has 2 aliphatic rings. The molecule has 0 bridgehead atoms. The maximum atomic E-state index is 10.7. The predicted molar refractivity (Wildman–Crippen MR) is 99.2 cm³/mol. The van der Waals surface area contributed by atoms with E-state index in [1.54, 1.807) is 0 Å². The molecular formula is C20H28N4O. The number of β-amino-alcohol motifs (C(OH)–C–C–N with tert-alkyl or cyclic N) is 1. The number of piperidine rings is 1. The zero-order valence-corrected chi connectivity index (χ0v) is 14.7. The largest absolute Gasteiger partial charge is 0.389 e. The molecule has 0 amide bonds. The molecule has 4 rings (SSSR count). The third-order valence-electron chi connectivity index (χ3n) is 5.80. The number of nitrogens with one attached hydrogen (secondary N) is 1. The van der Waals surface area contributed by atoms with Gasteiger partial charge in [0.25, 0.3) is 0 Å². The second-order valence-corrected chi connectivity index (χ2v) is 7.88. The highest BCUT2D eigenvalue weighted by Gasteiger charge is 2.43. The molecule has 1 unspecified atom stereocenters. The predicted octanol–water partition coefficient (Wildman–Crippen LogP) is 2.36. The summed E-state index contributed by atoms with van der Waals surface area (Å²) < 4.78 is 0. The second-order valence-electron chi connectivity index (χ2n) is 7.88. The van der Waals surface area contributed by atoms with Crippen LogP contribution >= 0.6 is 0 Å². The first-order valence-electron chi connectivity index (χ1n) is 9.41. The lowest BCUT2D eigenvalue weighted by Crippen LogP contribution is -2.55. The molecule has 2 fully saturated rings. The minimum atomic E-state index is -0.519. The Morgan fingerprint density at radius 1 is 1.28 bits per heavy atom. The summed E-state index contributed by atoms with van der Waals surface area (Å²) in [5.74, 6) is 0.972. The number of benzene rings is 1. The summed E-state index contributed by atoms with van der Waals surface area (Å²) in [6, 6.07) is 12.5. The molecular weight excluding hydrogens is 312 g/mol. The van der Waals surface area contributed by atoms with Crippen LogP contribution in [0.1, 0.15) is 37.3 Å². The van der Waals surface area contributed by atoms with E-state index in [4.69, 9.17) is 5.73 Å². The van der Waals surface area contributed by atoms with Crippen LogP contribution in [-0.4, -0.2) is 52.0 Å². The molecule has 134 valence electrons. The number of nitrogens with two attached hydrogens (primary N) is 1. The zero-order chi connectivity index (χ0) is 17.3. The van der Waals surface area contributed by atoms with Crippen molar-refractivity contribution in [3.8, 4) is 11.3 Å². The fourth-order valence-electron chi connectivity index (χ4n) is 4.48. The number of nitrogens with zero attached hydrogens (tertiary/aromatic N) is 2. The van der Waals surface area contributed by atoms with Crippen LogP contribution in [0.2, 0.25) is 0 Å². The van der Waals surface area contributed by atoms with Crippen molar-refractivity contribution >= 4 is 0 Å². The van der Waals surface area contributed by atoms with Gasteiger partial charge in [-0.2, -0.15) is 5.10 Å². The quantitative estimate of drug-likeness (QED) is 0.781. The van der Waals surface area contributed by atoms with Gasteiger partial charge in [-0.1, -0.05) is 30.3 Å². The van der Waals surface area contributed by atoms with Crippen LogP contribution in [0.15, 0.2) is 36.4 Å². The lowest BCUT2D eigenvalue weighted by atomic mass is 9.70. The summed E-state index contributed by atoms with van der Waals surface area (Å²) in [6.07, 6.45) is 4.05. The molecule has 0 radical (unpaired) electrons. The van der Waals surface area contributed by atoms with Gasteiger partial charge in [0.2, 0.25) is 0 Å². The Morgan fingerprint density at radius 3 is 2.84 bits per heavy atom. The van der Waals surface area contributed by atoms with Crippen LogP contribution in [0.4, 0.5) is 0 Å². The van der Waals surface area contributed by atoms with Gasteiger partial charge in [-0.25, -0.2) is 0 Å². The minimum absolute atomic E-state index is 0.465. The standard InChI is InChI=1S/C20H28N4O/c21-12-15-10-20(25,11-15)14-24-8-4-7-17(13-24)19-9-18(22-23-19)16-5-2-1-3-6-16/h1-3,5-6,9,15,17,25H,4,7-8,10-14,21H2,(H,22,23). The lowest BCUT2D eigenvalue weighted by molar-refractivity contribution is -0.0936. The molecule has 1 aromatic heterocycles. The number of H-pyrrole nitrogens is 1. The number of hydrogen-bond donors (Lipinski definition) is 3. The summed E-state index contributed by atoms with van der Waals surface area (Å²) >= 11 is 0. The van der Waals surface area contributed by atoms with Crippen LogP contribution in [0.3, 0.4) is 0 Å². The maximum absolute atomic E-state index is 10.7. The molecule has 1 aliphatic heterocycles. The third kappa shape index (κ3) is 3.64. The molecule has 1 aromatic carbocycles. The summed E-state index contributed by atoms with van der Waals surface area (Å²) in [4.78, 5) is 2.42. The normalized spacial score (nSPS) is 30.2. The molecule has 25 heavy (non-hydrogen) atoms. The molecule has 4 N–H and O–H groups in total. The Kier molecular flexibility index (Phi) is 4.63. The Balaban J connectivity index is 1.39. The lowest BCUT2D eigenvalue weighted by Gasteiger charge is -2.47. The molecule has 5 heteroatoms. The van der Waals surface area contributed by atoms with E-state index in [9.17, 15) is 5.11 Å². The van der Waals surface area contributed by atoms with Crippen molar-refractivity contribution in [3.05, 3.63) is 42.1 Å². The fraction of sp³-hybridized carbons (Fsp3) is 0.550. The highest BCUT2D eigenvalue weighted by molar-refractivity contribution is 5.59. The fourth-order valence-corrected chi connectivity index (χ4v) is 4.48. The highest BCUT2D eigenvalue weighted by Crippen LogP contribution is 2.39. The number of aromatic nitrogens is 2. The van der Waals surface area contributed by atoms with Crippen molar-refractivity contribution in [2.24, 2.45) is 11.7 Å². The summed E-state index contributed by atoms with van der Waals surface area (Å²) in [6.45, 7) is 3.54. The SMILES string of the molecule is NCC1CC(O)(CN2CCCC(c3cc(-c4ccccc4)n[nH]3)C2)C1. The number of aliphatic hydroxyl groups is 1. The first kappa shape index (κ1) is 16.8. The van der Waals surface area contributed by atoms with E-state index in [1.165, 1.54) is 18.5 Å². The van der Waals surface area contributed by atoms with Gasteiger partial charge in [-0.15, -0.1) is 0 Å². The van der Waals surface area contributed by atoms with E-state index in [0.717, 1.165) is 43.7 Å². The Morgan fingerprint density at radius 2 is 2.08 bits per heavy atom. The van der Waals surface area contributed by atoms with Gasteiger partial charge < -0.3 is 10.8 Å². The van der Waals surface area contributed by atoms with E-state index in [0.29, 0.717) is 18.4 Å². The van der Waals surface area contributed by atoms with Crippen molar-refractivity contribution in [2.45, 2.75) is 37.2 Å². The van der Waals surface area contributed by atoms with Crippen molar-refractivity contribution < 1.29 is 5.11 Å². The smallest absolute Gasteiger partial charge is 0.0923 e. The van der Waals surface area contributed by atoms with Gasteiger partial charge in [-0.3, -0.25) is 10.00 Å². The van der Waals surface area contributed by atoms with Gasteiger partial charge in [0.15, 0.2) is 0 Å². The maximum Gasteiger partial charge on any atom is 0.0923 e. The molecule has 0 spiro atoms. The number of aromatic amines is 1. The second kappa shape index (κ2) is 6.90. The van der Waals surface area contributed by atoms with Gasteiger partial charge in [0.05, 0.1) is 11.3 Å². The van der Waals surface area contributed by atoms with Crippen molar-refractivity contribution in [1.29, 1.82) is 0 Å². The molecule has 2 aromatic rings. The average Bonchev–Trinajstić information content (AvgIpc) is 3.10.